The standard InChI is InChI=1S/C17H19NO5/c1-3-14-11(2)7-15(23-14)17(21)18-9-12-5-4-6-13(8-12)22-10-16(19)20/h4-8H,3,9-10H2,1-2H3,(H,18,21)(H,19,20). The van der Waals surface area contributed by atoms with E-state index >= 15 is 0 Å². The number of nitrogens with one attached hydrogen (secondary N) is 1. The van der Waals surface area contributed by atoms with Crippen LogP contribution in [-0.2, 0) is 17.8 Å². The van der Waals surface area contributed by atoms with Crippen molar-refractivity contribution >= 4 is 11.9 Å². The van der Waals surface area contributed by atoms with Crippen molar-refractivity contribution in [2.24, 2.45) is 0 Å². The maximum Gasteiger partial charge on any atom is 0.341 e. The number of aryl methyl sites for hydroxylation is 2. The zero-order chi connectivity index (χ0) is 16.8. The van der Waals surface area contributed by atoms with Crippen LogP contribution in [0.4, 0.5) is 0 Å². The lowest BCUT2D eigenvalue weighted by atomic mass is 10.2. The van der Waals surface area contributed by atoms with Crippen molar-refractivity contribution in [1.29, 1.82) is 0 Å². The third-order valence-electron chi connectivity index (χ3n) is 3.28. The molecule has 0 saturated heterocycles. The number of carboxylic acids is 1. The number of ether oxygens (including phenoxy) is 1. The van der Waals surface area contributed by atoms with Gasteiger partial charge in [0.2, 0.25) is 0 Å². The second kappa shape index (κ2) is 7.49. The Hall–Kier alpha value is -2.76. The van der Waals surface area contributed by atoms with E-state index < -0.39 is 12.6 Å². The third-order valence-corrected chi connectivity index (χ3v) is 3.28. The van der Waals surface area contributed by atoms with Gasteiger partial charge in [0.15, 0.2) is 12.4 Å². The van der Waals surface area contributed by atoms with Crippen molar-refractivity contribution in [2.75, 3.05) is 6.61 Å². The normalized spacial score (nSPS) is 10.3. The second-order valence-electron chi connectivity index (χ2n) is 5.08. The summed E-state index contributed by atoms with van der Waals surface area (Å²) in [5.74, 6) is 0.214. The molecule has 0 aliphatic rings. The van der Waals surface area contributed by atoms with Gasteiger partial charge in [-0.2, -0.15) is 0 Å². The van der Waals surface area contributed by atoms with E-state index in [0.717, 1.165) is 23.3 Å². The van der Waals surface area contributed by atoms with E-state index in [1.165, 1.54) is 0 Å². The first-order valence-corrected chi connectivity index (χ1v) is 7.30. The molecule has 6 nitrogen and oxygen atoms in total. The molecule has 0 atom stereocenters. The molecular weight excluding hydrogens is 298 g/mol. The summed E-state index contributed by atoms with van der Waals surface area (Å²) < 4.78 is 10.6. The minimum atomic E-state index is -1.04. The smallest absolute Gasteiger partial charge is 0.341 e. The molecule has 1 aromatic heterocycles. The zero-order valence-electron chi connectivity index (χ0n) is 13.1. The van der Waals surface area contributed by atoms with E-state index in [0.29, 0.717) is 12.3 Å². The van der Waals surface area contributed by atoms with Crippen molar-refractivity contribution in [3.63, 3.8) is 0 Å². The molecule has 1 aromatic carbocycles. The zero-order valence-corrected chi connectivity index (χ0v) is 13.1. The van der Waals surface area contributed by atoms with E-state index in [1.54, 1.807) is 24.3 Å². The summed E-state index contributed by atoms with van der Waals surface area (Å²) in [7, 11) is 0. The SMILES string of the molecule is CCc1oc(C(=O)NCc2cccc(OCC(=O)O)c2)cc1C. The van der Waals surface area contributed by atoms with Crippen LogP contribution in [0.1, 0.15) is 34.4 Å². The third kappa shape index (κ3) is 4.60. The van der Waals surface area contributed by atoms with E-state index in [2.05, 4.69) is 5.32 Å². The first-order chi connectivity index (χ1) is 11.0. The van der Waals surface area contributed by atoms with Crippen molar-refractivity contribution in [2.45, 2.75) is 26.8 Å². The van der Waals surface area contributed by atoms with E-state index in [-0.39, 0.29) is 11.7 Å². The monoisotopic (exact) mass is 317 g/mol. The van der Waals surface area contributed by atoms with Crippen LogP contribution < -0.4 is 10.1 Å². The molecule has 1 amide bonds. The topological polar surface area (TPSA) is 88.8 Å². The number of carboxylic acid groups (broad SMARTS) is 1. The maximum absolute atomic E-state index is 12.1. The van der Waals surface area contributed by atoms with Crippen LogP contribution in [0.5, 0.6) is 5.75 Å². The van der Waals surface area contributed by atoms with Crippen molar-refractivity contribution in [1.82, 2.24) is 5.32 Å². The average molecular weight is 317 g/mol. The highest BCUT2D eigenvalue weighted by Gasteiger charge is 2.13. The molecule has 0 fully saturated rings. The van der Waals surface area contributed by atoms with Crippen LogP contribution in [0.15, 0.2) is 34.7 Å². The fraction of sp³-hybridized carbons (Fsp3) is 0.294. The fourth-order valence-electron chi connectivity index (χ4n) is 2.14. The van der Waals surface area contributed by atoms with Crippen LogP contribution in [0.25, 0.3) is 0 Å². The van der Waals surface area contributed by atoms with Gasteiger partial charge in [0, 0.05) is 13.0 Å². The maximum atomic E-state index is 12.1. The van der Waals surface area contributed by atoms with Gasteiger partial charge in [-0.25, -0.2) is 4.79 Å². The molecule has 0 saturated carbocycles. The van der Waals surface area contributed by atoms with Gasteiger partial charge in [0.25, 0.3) is 5.91 Å². The number of hydrogen-bond acceptors (Lipinski definition) is 4. The largest absolute Gasteiger partial charge is 0.482 e. The van der Waals surface area contributed by atoms with Crippen molar-refractivity contribution in [3.8, 4) is 5.75 Å². The minimum absolute atomic E-state index is 0.287. The van der Waals surface area contributed by atoms with Gasteiger partial charge in [0.05, 0.1) is 0 Å². The Labute approximate surface area is 134 Å². The number of benzene rings is 1. The van der Waals surface area contributed by atoms with Gasteiger partial charge < -0.3 is 19.6 Å². The van der Waals surface area contributed by atoms with Crippen molar-refractivity contribution < 1.29 is 23.8 Å². The Bertz CT molecular complexity index is 705. The lowest BCUT2D eigenvalue weighted by Gasteiger charge is -2.07. The van der Waals surface area contributed by atoms with Crippen LogP contribution in [0, 0.1) is 6.92 Å². The molecule has 0 aliphatic heterocycles. The summed E-state index contributed by atoms with van der Waals surface area (Å²) >= 11 is 0. The number of carbonyl (C=O) groups excluding carboxylic acids is 1. The summed E-state index contributed by atoms with van der Waals surface area (Å²) in [4.78, 5) is 22.6. The predicted molar refractivity (Wildman–Crippen MR) is 83.6 cm³/mol. The fourth-order valence-corrected chi connectivity index (χ4v) is 2.14. The van der Waals surface area contributed by atoms with Gasteiger partial charge in [-0.1, -0.05) is 19.1 Å². The lowest BCUT2D eigenvalue weighted by molar-refractivity contribution is -0.139. The van der Waals surface area contributed by atoms with Gasteiger partial charge in [0.1, 0.15) is 11.5 Å². The summed E-state index contributed by atoms with van der Waals surface area (Å²) in [5.41, 5.74) is 1.77. The van der Waals surface area contributed by atoms with Crippen molar-refractivity contribution in [3.05, 3.63) is 53.0 Å². The number of rotatable bonds is 7. The Balaban J connectivity index is 1.95. The van der Waals surface area contributed by atoms with Crippen LogP contribution in [0.3, 0.4) is 0 Å². The van der Waals surface area contributed by atoms with E-state index in [4.69, 9.17) is 14.3 Å². The number of aliphatic carboxylic acids is 1. The van der Waals surface area contributed by atoms with Gasteiger partial charge in [-0.15, -0.1) is 0 Å². The molecule has 6 heteroatoms. The molecule has 0 aliphatic carbocycles. The molecule has 0 radical (unpaired) electrons. The lowest BCUT2D eigenvalue weighted by Crippen LogP contribution is -2.22. The highest BCUT2D eigenvalue weighted by Crippen LogP contribution is 2.16. The molecule has 0 spiro atoms. The first-order valence-electron chi connectivity index (χ1n) is 7.30. The Morgan fingerprint density at radius 3 is 2.74 bits per heavy atom. The molecule has 1 heterocycles. The summed E-state index contributed by atoms with van der Waals surface area (Å²) in [6.07, 6.45) is 0.738. The Morgan fingerprint density at radius 1 is 1.30 bits per heavy atom. The molecule has 0 unspecified atom stereocenters. The molecular formula is C17H19NO5. The average Bonchev–Trinajstić information content (AvgIpc) is 2.92. The molecule has 2 rings (SSSR count). The van der Waals surface area contributed by atoms with Gasteiger partial charge in [-0.3, -0.25) is 4.79 Å². The number of carbonyl (C=O) groups is 2. The molecule has 122 valence electrons. The minimum Gasteiger partial charge on any atom is -0.482 e. The molecule has 0 bridgehead atoms. The summed E-state index contributed by atoms with van der Waals surface area (Å²) in [6, 6.07) is 8.63. The Morgan fingerprint density at radius 2 is 2.09 bits per heavy atom. The van der Waals surface area contributed by atoms with Crippen LogP contribution in [0.2, 0.25) is 0 Å². The second-order valence-corrected chi connectivity index (χ2v) is 5.08. The molecule has 2 aromatic rings. The summed E-state index contributed by atoms with van der Waals surface area (Å²) in [5, 5.41) is 11.4. The quantitative estimate of drug-likeness (QED) is 0.819. The van der Waals surface area contributed by atoms with Crippen LogP contribution in [-0.4, -0.2) is 23.6 Å². The number of hydrogen-bond donors (Lipinski definition) is 2. The molecule has 2 N–H and O–H groups in total. The van der Waals surface area contributed by atoms with E-state index in [9.17, 15) is 9.59 Å². The number of amides is 1. The highest BCUT2D eigenvalue weighted by atomic mass is 16.5. The van der Waals surface area contributed by atoms with Gasteiger partial charge in [-0.05, 0) is 36.2 Å². The van der Waals surface area contributed by atoms with E-state index in [1.807, 2.05) is 19.9 Å². The predicted octanol–water partition coefficient (Wildman–Crippen LogP) is 2.54. The number of furan rings is 1. The van der Waals surface area contributed by atoms with Crippen LogP contribution >= 0.6 is 0 Å². The first kappa shape index (κ1) is 16.6. The Kier molecular flexibility index (Phi) is 5.41. The summed E-state index contributed by atoms with van der Waals surface area (Å²) in [6.45, 7) is 3.77. The molecule has 23 heavy (non-hydrogen) atoms. The highest BCUT2D eigenvalue weighted by molar-refractivity contribution is 5.91. The van der Waals surface area contributed by atoms with Gasteiger partial charge >= 0.3 is 5.97 Å².